The first-order valence-corrected chi connectivity index (χ1v) is 6.80. The molecule has 0 saturated heterocycles. The Morgan fingerprint density at radius 1 is 1.40 bits per heavy atom. The van der Waals surface area contributed by atoms with Crippen molar-refractivity contribution in [3.63, 3.8) is 0 Å². The van der Waals surface area contributed by atoms with E-state index in [1.165, 1.54) is 11.3 Å². The van der Waals surface area contributed by atoms with E-state index in [1.807, 2.05) is 37.4 Å². The third-order valence-corrected chi connectivity index (χ3v) is 3.82. The molecule has 2 unspecified atom stereocenters. The van der Waals surface area contributed by atoms with Gasteiger partial charge in [-0.25, -0.2) is 0 Å². The molecule has 4 nitrogen and oxygen atoms in total. The molecule has 1 aromatic rings. The highest BCUT2D eigenvalue weighted by molar-refractivity contribution is 5.91. The van der Waals surface area contributed by atoms with Crippen LogP contribution in [0.4, 0.5) is 11.4 Å². The number of carbonyl (C=O) groups excluding carboxylic acids is 1. The molecule has 0 fully saturated rings. The van der Waals surface area contributed by atoms with Crippen molar-refractivity contribution in [3.05, 3.63) is 48.1 Å². The zero-order chi connectivity index (χ0) is 14.1. The number of anilines is 2. The highest BCUT2D eigenvalue weighted by atomic mass is 16.3. The van der Waals surface area contributed by atoms with Crippen LogP contribution in [0, 0.1) is 5.92 Å². The highest BCUT2D eigenvalue weighted by Crippen LogP contribution is 2.33. The lowest BCUT2D eigenvalue weighted by Gasteiger charge is -2.32. The smallest absolute Gasteiger partial charge is 0.225 e. The number of amides is 1. The molecule has 0 spiro atoms. The standard InChI is InChI=1S/C16H18N2O2/c1-18-10-12-8-13(6-7-14(12)18)17-16(20)9-11-4-2-3-5-15(11)19/h2-8,11,15,19H,9-10H2,1H3,(H,17,20). The Kier molecular flexibility index (Phi) is 3.32. The number of fused-ring (bicyclic) bond motifs is 1. The number of benzene rings is 1. The van der Waals surface area contributed by atoms with Crippen LogP contribution in [0.3, 0.4) is 0 Å². The molecule has 2 atom stereocenters. The maximum Gasteiger partial charge on any atom is 0.225 e. The van der Waals surface area contributed by atoms with Gasteiger partial charge in [0.1, 0.15) is 0 Å². The van der Waals surface area contributed by atoms with E-state index < -0.39 is 6.10 Å². The third-order valence-electron chi connectivity index (χ3n) is 3.82. The minimum atomic E-state index is -0.573. The number of nitrogens with zero attached hydrogens (tertiary/aromatic N) is 1. The molecule has 20 heavy (non-hydrogen) atoms. The second-order valence-electron chi connectivity index (χ2n) is 5.38. The highest BCUT2D eigenvalue weighted by Gasteiger charge is 2.21. The molecule has 1 aliphatic heterocycles. The van der Waals surface area contributed by atoms with Crippen molar-refractivity contribution in [1.29, 1.82) is 0 Å². The molecule has 0 aromatic heterocycles. The van der Waals surface area contributed by atoms with Gasteiger partial charge in [-0.3, -0.25) is 4.79 Å². The van der Waals surface area contributed by atoms with Gasteiger partial charge in [0.25, 0.3) is 0 Å². The van der Waals surface area contributed by atoms with E-state index in [-0.39, 0.29) is 11.8 Å². The number of hydrogen-bond donors (Lipinski definition) is 2. The van der Waals surface area contributed by atoms with Crippen LogP contribution in [0.1, 0.15) is 12.0 Å². The Labute approximate surface area is 118 Å². The molecule has 1 aliphatic carbocycles. The van der Waals surface area contributed by atoms with Gasteiger partial charge in [0.05, 0.1) is 6.10 Å². The number of aliphatic hydroxyl groups excluding tert-OH is 1. The Morgan fingerprint density at radius 2 is 2.20 bits per heavy atom. The summed E-state index contributed by atoms with van der Waals surface area (Å²) in [6.07, 6.45) is 6.96. The van der Waals surface area contributed by atoms with Crippen molar-refractivity contribution in [3.8, 4) is 0 Å². The van der Waals surface area contributed by atoms with Gasteiger partial charge in [-0.2, -0.15) is 0 Å². The number of nitrogens with one attached hydrogen (secondary N) is 1. The molecule has 2 N–H and O–H groups in total. The van der Waals surface area contributed by atoms with Crippen molar-refractivity contribution < 1.29 is 9.90 Å². The van der Waals surface area contributed by atoms with E-state index in [0.29, 0.717) is 6.42 Å². The van der Waals surface area contributed by atoms with E-state index in [0.717, 1.165) is 12.2 Å². The summed E-state index contributed by atoms with van der Waals surface area (Å²) in [6.45, 7) is 0.925. The molecular weight excluding hydrogens is 252 g/mol. The lowest BCUT2D eigenvalue weighted by atomic mass is 9.94. The Hall–Kier alpha value is -2.07. The quantitative estimate of drug-likeness (QED) is 0.884. The molecule has 1 aromatic carbocycles. The first-order chi connectivity index (χ1) is 9.63. The Balaban J connectivity index is 1.60. The fraction of sp³-hybridized carbons (Fsp3) is 0.312. The van der Waals surface area contributed by atoms with Crippen LogP contribution in [-0.4, -0.2) is 24.2 Å². The number of carbonyl (C=O) groups is 1. The molecule has 1 heterocycles. The first-order valence-electron chi connectivity index (χ1n) is 6.80. The maximum absolute atomic E-state index is 12.0. The van der Waals surface area contributed by atoms with Crippen LogP contribution < -0.4 is 10.2 Å². The average molecular weight is 270 g/mol. The van der Waals surface area contributed by atoms with Crippen LogP contribution >= 0.6 is 0 Å². The number of allylic oxidation sites excluding steroid dienone is 2. The predicted molar refractivity (Wildman–Crippen MR) is 79.6 cm³/mol. The van der Waals surface area contributed by atoms with Gasteiger partial charge in [-0.1, -0.05) is 24.3 Å². The monoisotopic (exact) mass is 270 g/mol. The molecule has 0 saturated carbocycles. The van der Waals surface area contributed by atoms with Gasteiger partial charge >= 0.3 is 0 Å². The zero-order valence-corrected chi connectivity index (χ0v) is 11.4. The van der Waals surface area contributed by atoms with E-state index in [9.17, 15) is 9.90 Å². The van der Waals surface area contributed by atoms with E-state index in [2.05, 4.69) is 10.2 Å². The molecule has 3 rings (SSSR count). The summed E-state index contributed by atoms with van der Waals surface area (Å²) in [7, 11) is 2.05. The second kappa shape index (κ2) is 5.13. The summed E-state index contributed by atoms with van der Waals surface area (Å²) in [4.78, 5) is 14.2. The Morgan fingerprint density at radius 3 is 2.90 bits per heavy atom. The fourth-order valence-electron chi connectivity index (χ4n) is 2.67. The van der Waals surface area contributed by atoms with Crippen molar-refractivity contribution in [1.82, 2.24) is 0 Å². The second-order valence-corrected chi connectivity index (χ2v) is 5.38. The molecule has 4 heteroatoms. The summed E-state index contributed by atoms with van der Waals surface area (Å²) in [6, 6.07) is 5.95. The number of aliphatic hydroxyl groups is 1. The first kappa shape index (κ1) is 12.9. The largest absolute Gasteiger partial charge is 0.388 e. The van der Waals surface area contributed by atoms with Crippen molar-refractivity contribution in [2.45, 2.75) is 19.1 Å². The SMILES string of the molecule is CN1Cc2cc(NC(=O)CC3C=CC=CC3O)ccc21. The number of rotatable bonds is 3. The average Bonchev–Trinajstić information content (AvgIpc) is 2.40. The fourth-order valence-corrected chi connectivity index (χ4v) is 2.67. The topological polar surface area (TPSA) is 52.6 Å². The summed E-state index contributed by atoms with van der Waals surface area (Å²) in [5.41, 5.74) is 3.30. The van der Waals surface area contributed by atoms with E-state index in [4.69, 9.17) is 0 Å². The Bertz CT molecular complexity index is 592. The van der Waals surface area contributed by atoms with Gasteiger partial charge in [0.2, 0.25) is 5.91 Å². The van der Waals surface area contributed by atoms with Gasteiger partial charge in [0.15, 0.2) is 0 Å². The van der Waals surface area contributed by atoms with Crippen LogP contribution in [-0.2, 0) is 11.3 Å². The van der Waals surface area contributed by atoms with Crippen molar-refractivity contribution in [2.75, 3.05) is 17.3 Å². The number of hydrogen-bond acceptors (Lipinski definition) is 3. The van der Waals surface area contributed by atoms with Crippen molar-refractivity contribution >= 4 is 17.3 Å². The van der Waals surface area contributed by atoms with Gasteiger partial charge in [0, 0.05) is 37.3 Å². The van der Waals surface area contributed by atoms with E-state index in [1.54, 1.807) is 12.2 Å². The minimum Gasteiger partial charge on any atom is -0.388 e. The molecule has 1 amide bonds. The lowest BCUT2D eigenvalue weighted by molar-refractivity contribution is -0.117. The van der Waals surface area contributed by atoms with Crippen LogP contribution in [0.5, 0.6) is 0 Å². The molecule has 104 valence electrons. The molecule has 0 radical (unpaired) electrons. The lowest BCUT2D eigenvalue weighted by Crippen LogP contribution is -2.28. The predicted octanol–water partition coefficient (Wildman–Crippen LogP) is 2.07. The van der Waals surface area contributed by atoms with Crippen molar-refractivity contribution in [2.24, 2.45) is 5.92 Å². The van der Waals surface area contributed by atoms with Gasteiger partial charge in [-0.05, 0) is 23.8 Å². The normalized spacial score (nSPS) is 23.2. The summed E-state index contributed by atoms with van der Waals surface area (Å²) in [5.74, 6) is -0.209. The summed E-state index contributed by atoms with van der Waals surface area (Å²) in [5, 5.41) is 12.7. The summed E-state index contributed by atoms with van der Waals surface area (Å²) < 4.78 is 0. The van der Waals surface area contributed by atoms with Crippen LogP contribution in [0.2, 0.25) is 0 Å². The zero-order valence-electron chi connectivity index (χ0n) is 11.4. The van der Waals surface area contributed by atoms with Crippen LogP contribution in [0.15, 0.2) is 42.5 Å². The molecule has 0 bridgehead atoms. The van der Waals surface area contributed by atoms with Crippen LogP contribution in [0.25, 0.3) is 0 Å². The van der Waals surface area contributed by atoms with Gasteiger partial charge < -0.3 is 15.3 Å². The maximum atomic E-state index is 12.0. The van der Waals surface area contributed by atoms with E-state index >= 15 is 0 Å². The third kappa shape index (κ3) is 2.47. The van der Waals surface area contributed by atoms with Gasteiger partial charge in [-0.15, -0.1) is 0 Å². The minimum absolute atomic E-state index is 0.0679. The summed E-state index contributed by atoms with van der Waals surface area (Å²) >= 11 is 0. The molecular formula is C16H18N2O2. The molecule has 2 aliphatic rings.